The van der Waals surface area contributed by atoms with Crippen molar-refractivity contribution in [3.8, 4) is 0 Å². The van der Waals surface area contributed by atoms with Gasteiger partial charge in [-0.2, -0.15) is 5.10 Å². The Labute approximate surface area is 77.8 Å². The van der Waals surface area contributed by atoms with Gasteiger partial charge in [0.15, 0.2) is 0 Å². The van der Waals surface area contributed by atoms with E-state index in [1.807, 2.05) is 6.92 Å². The molecule has 4 heteroatoms. The molecule has 13 heavy (non-hydrogen) atoms. The largest absolute Gasteiger partial charge is 0.387 e. The van der Waals surface area contributed by atoms with Crippen molar-refractivity contribution >= 4 is 0 Å². The second kappa shape index (κ2) is 3.47. The van der Waals surface area contributed by atoms with Crippen molar-refractivity contribution in [3.05, 3.63) is 18.0 Å². The molecule has 2 N–H and O–H groups in total. The number of nitrogens with zero attached hydrogens (tertiary/aromatic N) is 2. The summed E-state index contributed by atoms with van der Waals surface area (Å²) >= 11 is 0. The number of hydrogen-bond acceptors (Lipinski definition) is 3. The summed E-state index contributed by atoms with van der Waals surface area (Å²) in [5, 5.41) is 23.5. The lowest BCUT2D eigenvalue weighted by atomic mass is 9.94. The summed E-state index contributed by atoms with van der Waals surface area (Å²) in [5.41, 5.74) is -0.594. The standard InChI is InChI=1S/C9H16N2O2/c1-4-9(2,13)8(12)7-5-6-11(3)10-7/h5-6,8,12-13H,4H2,1-3H3. The molecule has 0 aliphatic heterocycles. The maximum Gasteiger partial charge on any atom is 0.126 e. The van der Waals surface area contributed by atoms with Crippen LogP contribution in [0.1, 0.15) is 32.1 Å². The summed E-state index contributed by atoms with van der Waals surface area (Å²) in [5.74, 6) is 0. The Morgan fingerprint density at radius 1 is 1.69 bits per heavy atom. The maximum absolute atomic E-state index is 9.76. The minimum Gasteiger partial charge on any atom is -0.387 e. The van der Waals surface area contributed by atoms with E-state index < -0.39 is 11.7 Å². The molecule has 1 aromatic rings. The third kappa shape index (κ3) is 2.08. The zero-order valence-corrected chi connectivity index (χ0v) is 8.23. The molecule has 0 radical (unpaired) electrons. The second-order valence-corrected chi connectivity index (χ2v) is 3.53. The van der Waals surface area contributed by atoms with Gasteiger partial charge in [-0.05, 0) is 19.4 Å². The molecule has 0 aliphatic carbocycles. The van der Waals surface area contributed by atoms with Crippen molar-refractivity contribution in [3.63, 3.8) is 0 Å². The van der Waals surface area contributed by atoms with Crippen LogP contribution in [0.3, 0.4) is 0 Å². The van der Waals surface area contributed by atoms with Crippen molar-refractivity contribution in [2.75, 3.05) is 0 Å². The normalized spacial score (nSPS) is 18.2. The lowest BCUT2D eigenvalue weighted by molar-refractivity contribution is -0.0679. The first kappa shape index (κ1) is 10.2. The van der Waals surface area contributed by atoms with E-state index in [1.165, 1.54) is 0 Å². The van der Waals surface area contributed by atoms with Gasteiger partial charge >= 0.3 is 0 Å². The van der Waals surface area contributed by atoms with Crippen molar-refractivity contribution in [2.24, 2.45) is 7.05 Å². The summed E-state index contributed by atoms with van der Waals surface area (Å²) in [6.45, 7) is 3.43. The zero-order chi connectivity index (χ0) is 10.1. The molecule has 2 atom stereocenters. The lowest BCUT2D eigenvalue weighted by Crippen LogP contribution is -2.32. The van der Waals surface area contributed by atoms with Gasteiger partial charge in [-0.3, -0.25) is 4.68 Å². The first-order valence-electron chi connectivity index (χ1n) is 4.37. The van der Waals surface area contributed by atoms with Crippen LogP contribution in [0.4, 0.5) is 0 Å². The average molecular weight is 184 g/mol. The van der Waals surface area contributed by atoms with Crippen molar-refractivity contribution in [1.29, 1.82) is 0 Å². The first-order chi connectivity index (χ1) is 5.97. The van der Waals surface area contributed by atoms with Gasteiger partial charge in [-0.15, -0.1) is 0 Å². The maximum atomic E-state index is 9.76. The van der Waals surface area contributed by atoms with Gasteiger partial charge in [0.25, 0.3) is 0 Å². The first-order valence-corrected chi connectivity index (χ1v) is 4.37. The fraction of sp³-hybridized carbons (Fsp3) is 0.667. The third-order valence-electron chi connectivity index (χ3n) is 2.32. The fourth-order valence-electron chi connectivity index (χ4n) is 1.09. The molecule has 0 aliphatic rings. The third-order valence-corrected chi connectivity index (χ3v) is 2.32. The molecular formula is C9H16N2O2. The van der Waals surface area contributed by atoms with Gasteiger partial charge in [-0.1, -0.05) is 6.92 Å². The van der Waals surface area contributed by atoms with Crippen LogP contribution in [0.25, 0.3) is 0 Å². The summed E-state index contributed by atoms with van der Waals surface area (Å²) in [6, 6.07) is 1.70. The Bertz CT molecular complexity index is 281. The second-order valence-electron chi connectivity index (χ2n) is 3.53. The molecule has 74 valence electrons. The average Bonchev–Trinajstić information content (AvgIpc) is 2.50. The molecule has 0 saturated carbocycles. The van der Waals surface area contributed by atoms with Crippen LogP contribution in [0.2, 0.25) is 0 Å². The predicted octanol–water partition coefficient (Wildman–Crippen LogP) is 0.614. The highest BCUT2D eigenvalue weighted by atomic mass is 16.3. The smallest absolute Gasteiger partial charge is 0.126 e. The molecule has 4 nitrogen and oxygen atoms in total. The molecular weight excluding hydrogens is 168 g/mol. The van der Waals surface area contributed by atoms with E-state index in [2.05, 4.69) is 5.10 Å². The van der Waals surface area contributed by atoms with E-state index in [0.717, 1.165) is 0 Å². The number of hydrogen-bond donors (Lipinski definition) is 2. The molecule has 0 spiro atoms. The molecule has 1 rings (SSSR count). The minimum absolute atomic E-state index is 0.491. The Balaban J connectivity index is 2.84. The van der Waals surface area contributed by atoms with E-state index in [9.17, 15) is 10.2 Å². The van der Waals surface area contributed by atoms with Crippen molar-refractivity contribution in [1.82, 2.24) is 9.78 Å². The van der Waals surface area contributed by atoms with Crippen LogP contribution in [0, 0.1) is 0 Å². The summed E-state index contributed by atoms with van der Waals surface area (Å²) < 4.78 is 1.60. The number of rotatable bonds is 3. The SMILES string of the molecule is CCC(C)(O)C(O)c1ccn(C)n1. The van der Waals surface area contributed by atoms with Gasteiger partial charge in [0, 0.05) is 13.2 Å². The van der Waals surface area contributed by atoms with Gasteiger partial charge in [0.1, 0.15) is 6.10 Å². The number of aromatic nitrogens is 2. The van der Waals surface area contributed by atoms with Crippen LogP contribution in [0.15, 0.2) is 12.3 Å². The zero-order valence-electron chi connectivity index (χ0n) is 8.23. The van der Waals surface area contributed by atoms with Gasteiger partial charge in [0.05, 0.1) is 11.3 Å². The molecule has 1 aromatic heterocycles. The molecule has 0 amide bonds. The predicted molar refractivity (Wildman–Crippen MR) is 49.1 cm³/mol. The molecule has 0 bridgehead atoms. The monoisotopic (exact) mass is 184 g/mol. The van der Waals surface area contributed by atoms with E-state index in [-0.39, 0.29) is 0 Å². The Hall–Kier alpha value is -0.870. The molecule has 0 aromatic carbocycles. The minimum atomic E-state index is -1.10. The molecule has 1 heterocycles. The highest BCUT2D eigenvalue weighted by Crippen LogP contribution is 2.26. The van der Waals surface area contributed by atoms with E-state index in [0.29, 0.717) is 12.1 Å². The van der Waals surface area contributed by atoms with Crippen LogP contribution in [-0.2, 0) is 7.05 Å². The van der Waals surface area contributed by atoms with Gasteiger partial charge in [0.2, 0.25) is 0 Å². The molecule has 0 saturated heterocycles. The Morgan fingerprint density at radius 3 is 2.69 bits per heavy atom. The van der Waals surface area contributed by atoms with E-state index in [4.69, 9.17) is 0 Å². The van der Waals surface area contributed by atoms with Crippen molar-refractivity contribution < 1.29 is 10.2 Å². The summed E-state index contributed by atoms with van der Waals surface area (Å²) in [4.78, 5) is 0. The van der Waals surface area contributed by atoms with E-state index >= 15 is 0 Å². The van der Waals surface area contributed by atoms with E-state index in [1.54, 1.807) is 30.9 Å². The topological polar surface area (TPSA) is 58.3 Å². The highest BCUT2D eigenvalue weighted by Gasteiger charge is 2.30. The quantitative estimate of drug-likeness (QED) is 0.723. The summed E-state index contributed by atoms with van der Waals surface area (Å²) in [6.07, 6.45) is 1.31. The Morgan fingerprint density at radius 2 is 2.31 bits per heavy atom. The van der Waals surface area contributed by atoms with Crippen molar-refractivity contribution in [2.45, 2.75) is 32.0 Å². The molecule has 0 fully saturated rings. The number of aliphatic hydroxyl groups excluding tert-OH is 1. The van der Waals surface area contributed by atoms with Crippen LogP contribution in [-0.4, -0.2) is 25.6 Å². The van der Waals surface area contributed by atoms with Crippen LogP contribution < -0.4 is 0 Å². The number of aliphatic hydroxyl groups is 2. The number of aryl methyl sites for hydroxylation is 1. The van der Waals surface area contributed by atoms with Gasteiger partial charge in [-0.25, -0.2) is 0 Å². The summed E-state index contributed by atoms with van der Waals surface area (Å²) in [7, 11) is 1.77. The highest BCUT2D eigenvalue weighted by molar-refractivity contribution is 5.07. The van der Waals surface area contributed by atoms with Crippen LogP contribution in [0.5, 0.6) is 0 Å². The Kier molecular flexibility index (Phi) is 2.73. The fourth-order valence-corrected chi connectivity index (χ4v) is 1.09. The van der Waals surface area contributed by atoms with Crippen LogP contribution >= 0.6 is 0 Å². The van der Waals surface area contributed by atoms with Gasteiger partial charge < -0.3 is 10.2 Å². The lowest BCUT2D eigenvalue weighted by Gasteiger charge is -2.26. The molecule has 2 unspecified atom stereocenters.